The number of hydrogen-bond acceptors (Lipinski definition) is 2. The van der Waals surface area contributed by atoms with Gasteiger partial charge in [-0.25, -0.2) is 0 Å². The van der Waals surface area contributed by atoms with Gasteiger partial charge in [0.2, 0.25) is 0 Å². The topological polar surface area (TPSA) is 12.0 Å². The average molecular weight is 316 g/mol. The highest BCUT2D eigenvalue weighted by Crippen LogP contribution is 2.28. The molecule has 0 radical (unpaired) electrons. The molecule has 0 atom stereocenters. The fourth-order valence-electron chi connectivity index (χ4n) is 2.75. The van der Waals surface area contributed by atoms with Crippen LogP contribution in [0, 0.1) is 5.92 Å². The fourth-order valence-corrected chi connectivity index (χ4v) is 4.20. The molecule has 0 bridgehead atoms. The summed E-state index contributed by atoms with van der Waals surface area (Å²) in [6, 6.07) is 2.89. The molecule has 3 heteroatoms. The normalized spacial score (nSPS) is 25.1. The van der Waals surface area contributed by atoms with Gasteiger partial charge in [-0.2, -0.15) is 0 Å². The van der Waals surface area contributed by atoms with E-state index < -0.39 is 0 Å². The van der Waals surface area contributed by atoms with Crippen LogP contribution in [0.1, 0.15) is 50.3 Å². The summed E-state index contributed by atoms with van der Waals surface area (Å²) < 4.78 is 1.26. The Morgan fingerprint density at radius 3 is 2.71 bits per heavy atom. The summed E-state index contributed by atoms with van der Waals surface area (Å²) >= 11 is 5.43. The van der Waals surface area contributed by atoms with Gasteiger partial charge >= 0.3 is 0 Å². The van der Waals surface area contributed by atoms with Crippen molar-refractivity contribution in [3.8, 4) is 0 Å². The lowest BCUT2D eigenvalue weighted by Crippen LogP contribution is -2.32. The fraction of sp³-hybridized carbons (Fsp3) is 0.714. The second kappa shape index (κ2) is 6.91. The molecular formula is C14H22BrNS. The predicted molar refractivity (Wildman–Crippen MR) is 79.5 cm³/mol. The first-order chi connectivity index (χ1) is 8.29. The van der Waals surface area contributed by atoms with Crippen molar-refractivity contribution in [1.82, 2.24) is 5.32 Å². The molecule has 0 saturated heterocycles. The Hall–Kier alpha value is 0.140. The molecule has 1 nitrogen and oxygen atoms in total. The molecule has 0 unspecified atom stereocenters. The minimum atomic E-state index is 0.747. The smallest absolute Gasteiger partial charge is 0.0327 e. The van der Waals surface area contributed by atoms with Crippen LogP contribution in [0.4, 0.5) is 0 Å². The molecule has 1 aromatic heterocycles. The van der Waals surface area contributed by atoms with E-state index >= 15 is 0 Å². The monoisotopic (exact) mass is 315 g/mol. The standard InChI is InChI=1S/C14H22BrNS/c1-2-3-11-4-6-12(7-5-11)16-10-14-13(15)8-9-17-14/h8-9,11-12,16H,2-7,10H2,1H3. The molecule has 17 heavy (non-hydrogen) atoms. The largest absolute Gasteiger partial charge is 0.309 e. The highest BCUT2D eigenvalue weighted by molar-refractivity contribution is 9.10. The molecule has 2 rings (SSSR count). The molecule has 1 N–H and O–H groups in total. The Balaban J connectivity index is 1.70. The van der Waals surface area contributed by atoms with E-state index in [-0.39, 0.29) is 0 Å². The van der Waals surface area contributed by atoms with E-state index in [1.165, 1.54) is 47.9 Å². The molecule has 1 saturated carbocycles. The molecule has 1 heterocycles. The van der Waals surface area contributed by atoms with Crippen molar-refractivity contribution in [2.45, 2.75) is 58.0 Å². The minimum absolute atomic E-state index is 0.747. The SMILES string of the molecule is CCCC1CCC(NCc2sccc2Br)CC1. The molecule has 0 aliphatic heterocycles. The van der Waals surface area contributed by atoms with E-state index in [0.29, 0.717) is 0 Å². The van der Waals surface area contributed by atoms with Crippen LogP contribution in [0.5, 0.6) is 0 Å². The van der Waals surface area contributed by atoms with E-state index in [4.69, 9.17) is 0 Å². The summed E-state index contributed by atoms with van der Waals surface area (Å²) in [7, 11) is 0. The highest BCUT2D eigenvalue weighted by atomic mass is 79.9. The molecule has 1 aliphatic carbocycles. The third-order valence-electron chi connectivity index (χ3n) is 3.79. The van der Waals surface area contributed by atoms with Gasteiger partial charge in [0, 0.05) is 21.9 Å². The van der Waals surface area contributed by atoms with Crippen LogP contribution in [0.2, 0.25) is 0 Å². The second-order valence-corrected chi connectivity index (χ2v) is 6.93. The molecule has 0 amide bonds. The lowest BCUT2D eigenvalue weighted by molar-refractivity contribution is 0.278. The van der Waals surface area contributed by atoms with E-state index in [2.05, 4.69) is 39.6 Å². The average Bonchev–Trinajstić information content (AvgIpc) is 2.75. The van der Waals surface area contributed by atoms with Crippen molar-refractivity contribution in [3.63, 3.8) is 0 Å². The van der Waals surface area contributed by atoms with Crippen molar-refractivity contribution in [2.75, 3.05) is 0 Å². The van der Waals surface area contributed by atoms with Crippen molar-refractivity contribution < 1.29 is 0 Å². The van der Waals surface area contributed by atoms with Crippen LogP contribution in [0.3, 0.4) is 0 Å². The van der Waals surface area contributed by atoms with Gasteiger partial charge in [-0.1, -0.05) is 19.8 Å². The maximum absolute atomic E-state index is 3.71. The quantitative estimate of drug-likeness (QED) is 0.809. The first-order valence-electron chi connectivity index (χ1n) is 6.74. The molecule has 1 aliphatic rings. The van der Waals surface area contributed by atoms with Crippen LogP contribution in [0.15, 0.2) is 15.9 Å². The summed E-state index contributed by atoms with van der Waals surface area (Å²) in [5.41, 5.74) is 0. The lowest BCUT2D eigenvalue weighted by atomic mass is 9.83. The zero-order valence-corrected chi connectivity index (χ0v) is 12.9. The van der Waals surface area contributed by atoms with Crippen molar-refractivity contribution >= 4 is 27.3 Å². The van der Waals surface area contributed by atoms with Crippen LogP contribution >= 0.6 is 27.3 Å². The Morgan fingerprint density at radius 1 is 1.35 bits per heavy atom. The Kier molecular flexibility index (Phi) is 5.51. The van der Waals surface area contributed by atoms with Crippen LogP contribution in [0.25, 0.3) is 0 Å². The third-order valence-corrected chi connectivity index (χ3v) is 5.71. The lowest BCUT2D eigenvalue weighted by Gasteiger charge is -2.29. The van der Waals surface area contributed by atoms with E-state index in [1.807, 2.05) is 11.3 Å². The number of thiophene rings is 1. The van der Waals surface area contributed by atoms with Crippen molar-refractivity contribution in [3.05, 3.63) is 20.8 Å². The van der Waals surface area contributed by atoms with E-state index in [0.717, 1.165) is 18.5 Å². The zero-order chi connectivity index (χ0) is 12.1. The number of nitrogens with one attached hydrogen (secondary N) is 1. The summed E-state index contributed by atoms with van der Waals surface area (Å²) in [6.45, 7) is 3.33. The van der Waals surface area contributed by atoms with Gasteiger partial charge in [0.15, 0.2) is 0 Å². The highest BCUT2D eigenvalue weighted by Gasteiger charge is 2.20. The van der Waals surface area contributed by atoms with E-state index in [9.17, 15) is 0 Å². The molecule has 0 aromatic carbocycles. The van der Waals surface area contributed by atoms with Crippen molar-refractivity contribution in [2.24, 2.45) is 5.92 Å². The van der Waals surface area contributed by atoms with Gasteiger partial charge in [0.1, 0.15) is 0 Å². The van der Waals surface area contributed by atoms with Crippen LogP contribution < -0.4 is 5.32 Å². The third kappa shape index (κ3) is 4.08. The first-order valence-corrected chi connectivity index (χ1v) is 8.42. The number of halogens is 1. The number of rotatable bonds is 5. The molecule has 0 spiro atoms. The second-order valence-electron chi connectivity index (χ2n) is 5.08. The van der Waals surface area contributed by atoms with Crippen LogP contribution in [-0.4, -0.2) is 6.04 Å². The van der Waals surface area contributed by atoms with E-state index in [1.54, 1.807) is 0 Å². The predicted octanol–water partition coefficient (Wildman–Crippen LogP) is 4.96. The minimum Gasteiger partial charge on any atom is -0.309 e. The zero-order valence-electron chi connectivity index (χ0n) is 10.5. The van der Waals surface area contributed by atoms with Gasteiger partial charge in [-0.3, -0.25) is 0 Å². The Labute approximate surface area is 117 Å². The Morgan fingerprint density at radius 2 is 2.12 bits per heavy atom. The number of hydrogen-bond donors (Lipinski definition) is 1. The van der Waals surface area contributed by atoms with Gasteiger partial charge < -0.3 is 5.32 Å². The van der Waals surface area contributed by atoms with Crippen molar-refractivity contribution in [1.29, 1.82) is 0 Å². The van der Waals surface area contributed by atoms with Gasteiger partial charge in [-0.05, 0) is 59.0 Å². The van der Waals surface area contributed by atoms with Gasteiger partial charge in [0.25, 0.3) is 0 Å². The summed E-state index contributed by atoms with van der Waals surface area (Å²) in [5, 5.41) is 5.86. The molecular weight excluding hydrogens is 294 g/mol. The molecule has 1 fully saturated rings. The summed E-state index contributed by atoms with van der Waals surface area (Å²) in [6.07, 6.45) is 8.38. The van der Waals surface area contributed by atoms with Gasteiger partial charge in [0.05, 0.1) is 0 Å². The Bertz CT molecular complexity index is 329. The molecule has 96 valence electrons. The van der Waals surface area contributed by atoms with Crippen LogP contribution in [-0.2, 0) is 6.54 Å². The summed E-state index contributed by atoms with van der Waals surface area (Å²) in [5.74, 6) is 1.01. The maximum Gasteiger partial charge on any atom is 0.0327 e. The summed E-state index contributed by atoms with van der Waals surface area (Å²) in [4.78, 5) is 1.43. The first kappa shape index (κ1) is 13.6. The molecule has 1 aromatic rings. The van der Waals surface area contributed by atoms with Gasteiger partial charge in [-0.15, -0.1) is 11.3 Å². The maximum atomic E-state index is 3.71.